The van der Waals surface area contributed by atoms with Gasteiger partial charge in [-0.05, 0) is 30.7 Å². The van der Waals surface area contributed by atoms with Gasteiger partial charge in [0.1, 0.15) is 11.4 Å². The highest BCUT2D eigenvalue weighted by atomic mass is 16.5. The number of rotatable bonds is 7. The molecule has 0 radical (unpaired) electrons. The zero-order valence-corrected chi connectivity index (χ0v) is 13.3. The molecule has 5 heteroatoms. The van der Waals surface area contributed by atoms with Crippen LogP contribution >= 0.6 is 0 Å². The normalized spacial score (nSPS) is 10.5. The lowest BCUT2D eigenvalue weighted by molar-refractivity contribution is -0.131. The molecule has 2 rings (SSSR count). The summed E-state index contributed by atoms with van der Waals surface area (Å²) in [5, 5.41) is 4.07. The van der Waals surface area contributed by atoms with Crippen molar-refractivity contribution in [3.05, 3.63) is 36.0 Å². The zero-order chi connectivity index (χ0) is 15.9. The maximum Gasteiger partial charge on any atom is 0.222 e. The lowest BCUT2D eigenvalue weighted by Gasteiger charge is -2.19. The van der Waals surface area contributed by atoms with Crippen molar-refractivity contribution < 1.29 is 14.1 Å². The molecule has 0 unspecified atom stereocenters. The third-order valence-corrected chi connectivity index (χ3v) is 3.44. The summed E-state index contributed by atoms with van der Waals surface area (Å²) in [4.78, 5) is 13.7. The monoisotopic (exact) mass is 302 g/mol. The number of amides is 1. The van der Waals surface area contributed by atoms with Crippen LogP contribution in [0, 0.1) is 0 Å². The highest BCUT2D eigenvalue weighted by Crippen LogP contribution is 2.23. The summed E-state index contributed by atoms with van der Waals surface area (Å²) >= 11 is 0. The van der Waals surface area contributed by atoms with Crippen molar-refractivity contribution in [2.24, 2.45) is 0 Å². The Balaban J connectivity index is 2.10. The van der Waals surface area contributed by atoms with Crippen LogP contribution in [0.3, 0.4) is 0 Å². The fourth-order valence-corrected chi connectivity index (χ4v) is 2.26. The van der Waals surface area contributed by atoms with E-state index in [0.29, 0.717) is 18.7 Å². The predicted molar refractivity (Wildman–Crippen MR) is 84.5 cm³/mol. The summed E-state index contributed by atoms with van der Waals surface area (Å²) in [5.41, 5.74) is 1.70. The highest BCUT2D eigenvalue weighted by Gasteiger charge is 2.14. The van der Waals surface area contributed by atoms with Gasteiger partial charge in [-0.1, -0.05) is 19.0 Å². The van der Waals surface area contributed by atoms with Gasteiger partial charge in [-0.25, -0.2) is 0 Å². The van der Waals surface area contributed by atoms with Crippen molar-refractivity contribution >= 4 is 5.91 Å². The van der Waals surface area contributed by atoms with Crippen molar-refractivity contribution in [3.8, 4) is 17.1 Å². The molecule has 0 atom stereocenters. The summed E-state index contributed by atoms with van der Waals surface area (Å²) in [7, 11) is 1.63. The van der Waals surface area contributed by atoms with Gasteiger partial charge in [-0.2, -0.15) is 0 Å². The molecule has 0 fully saturated rings. The first-order valence-corrected chi connectivity index (χ1v) is 7.55. The molecule has 2 aromatic rings. The molecule has 0 saturated heterocycles. The van der Waals surface area contributed by atoms with Gasteiger partial charge in [0.2, 0.25) is 5.91 Å². The molecule has 1 aromatic carbocycles. The van der Waals surface area contributed by atoms with E-state index in [4.69, 9.17) is 9.26 Å². The van der Waals surface area contributed by atoms with E-state index < -0.39 is 0 Å². The molecule has 1 heterocycles. The number of nitrogens with zero attached hydrogens (tertiary/aromatic N) is 2. The number of hydrogen-bond donors (Lipinski definition) is 0. The molecule has 0 saturated carbocycles. The first-order valence-electron chi connectivity index (χ1n) is 7.55. The maximum atomic E-state index is 11.9. The van der Waals surface area contributed by atoms with E-state index in [1.807, 2.05) is 42.2 Å². The Bertz CT molecular complexity index is 605. The van der Waals surface area contributed by atoms with Crippen LogP contribution < -0.4 is 4.74 Å². The standard InChI is InChI=1S/C17H22N2O3/c1-4-10-19(17(20)5-2)12-14-11-16(22-18-14)13-6-8-15(21-3)9-7-13/h6-9,11H,4-5,10,12H2,1-3H3. The van der Waals surface area contributed by atoms with E-state index in [-0.39, 0.29) is 5.91 Å². The molecular formula is C17H22N2O3. The van der Waals surface area contributed by atoms with Crippen LogP contribution in [0.5, 0.6) is 5.75 Å². The van der Waals surface area contributed by atoms with Crippen LogP contribution in [0.4, 0.5) is 0 Å². The average Bonchev–Trinajstić information content (AvgIpc) is 3.02. The molecule has 118 valence electrons. The molecule has 0 bridgehead atoms. The van der Waals surface area contributed by atoms with Gasteiger partial charge in [0.15, 0.2) is 5.76 Å². The van der Waals surface area contributed by atoms with E-state index in [1.54, 1.807) is 7.11 Å². The fourth-order valence-electron chi connectivity index (χ4n) is 2.26. The minimum Gasteiger partial charge on any atom is -0.497 e. The van der Waals surface area contributed by atoms with Gasteiger partial charge in [-0.3, -0.25) is 4.79 Å². The Morgan fingerprint density at radius 3 is 2.59 bits per heavy atom. The second kappa shape index (κ2) is 7.64. The number of hydrogen-bond acceptors (Lipinski definition) is 4. The van der Waals surface area contributed by atoms with Gasteiger partial charge in [0.25, 0.3) is 0 Å². The van der Waals surface area contributed by atoms with Crippen LogP contribution in [0.15, 0.2) is 34.9 Å². The van der Waals surface area contributed by atoms with Crippen LogP contribution in [0.25, 0.3) is 11.3 Å². The Kier molecular flexibility index (Phi) is 5.58. The Morgan fingerprint density at radius 1 is 1.27 bits per heavy atom. The van der Waals surface area contributed by atoms with Crippen LogP contribution in [-0.2, 0) is 11.3 Å². The number of ether oxygens (including phenoxy) is 1. The molecule has 0 spiro atoms. The number of benzene rings is 1. The third-order valence-electron chi connectivity index (χ3n) is 3.44. The third kappa shape index (κ3) is 3.87. The summed E-state index contributed by atoms with van der Waals surface area (Å²) in [6.45, 7) is 5.15. The van der Waals surface area contributed by atoms with Gasteiger partial charge in [-0.15, -0.1) is 0 Å². The highest BCUT2D eigenvalue weighted by molar-refractivity contribution is 5.75. The molecule has 1 aromatic heterocycles. The van der Waals surface area contributed by atoms with Crippen molar-refractivity contribution in [2.45, 2.75) is 33.2 Å². The topological polar surface area (TPSA) is 55.6 Å². The Hall–Kier alpha value is -2.30. The van der Waals surface area contributed by atoms with E-state index in [1.165, 1.54) is 0 Å². The van der Waals surface area contributed by atoms with Crippen LogP contribution in [0.2, 0.25) is 0 Å². The SMILES string of the molecule is CCCN(Cc1cc(-c2ccc(OC)cc2)on1)C(=O)CC. The second-order valence-corrected chi connectivity index (χ2v) is 5.08. The Morgan fingerprint density at radius 2 is 2.00 bits per heavy atom. The summed E-state index contributed by atoms with van der Waals surface area (Å²) in [6, 6.07) is 9.48. The molecule has 5 nitrogen and oxygen atoms in total. The maximum absolute atomic E-state index is 11.9. The molecule has 22 heavy (non-hydrogen) atoms. The molecule has 1 amide bonds. The molecule has 0 N–H and O–H groups in total. The minimum atomic E-state index is 0.135. The zero-order valence-electron chi connectivity index (χ0n) is 13.3. The minimum absolute atomic E-state index is 0.135. The molecule has 0 aliphatic rings. The van der Waals surface area contributed by atoms with Gasteiger partial charge < -0.3 is 14.2 Å². The lowest BCUT2D eigenvalue weighted by atomic mass is 10.1. The van der Waals surface area contributed by atoms with Gasteiger partial charge in [0, 0.05) is 24.6 Å². The summed E-state index contributed by atoms with van der Waals surface area (Å²) < 4.78 is 10.5. The lowest BCUT2D eigenvalue weighted by Crippen LogP contribution is -2.30. The van der Waals surface area contributed by atoms with Crippen molar-refractivity contribution in [1.82, 2.24) is 10.1 Å². The summed E-state index contributed by atoms with van der Waals surface area (Å²) in [5.74, 6) is 1.63. The largest absolute Gasteiger partial charge is 0.497 e. The number of methoxy groups -OCH3 is 1. The van der Waals surface area contributed by atoms with E-state index in [9.17, 15) is 4.79 Å². The van der Waals surface area contributed by atoms with Crippen LogP contribution in [0.1, 0.15) is 32.4 Å². The molecular weight excluding hydrogens is 280 g/mol. The van der Waals surface area contributed by atoms with Crippen molar-refractivity contribution in [2.75, 3.05) is 13.7 Å². The van der Waals surface area contributed by atoms with E-state index in [2.05, 4.69) is 12.1 Å². The molecule has 0 aliphatic heterocycles. The average molecular weight is 302 g/mol. The van der Waals surface area contributed by atoms with Crippen molar-refractivity contribution in [1.29, 1.82) is 0 Å². The number of carbonyl (C=O) groups excluding carboxylic acids is 1. The summed E-state index contributed by atoms with van der Waals surface area (Å²) in [6.07, 6.45) is 1.43. The van der Waals surface area contributed by atoms with Crippen molar-refractivity contribution in [3.63, 3.8) is 0 Å². The van der Waals surface area contributed by atoms with E-state index in [0.717, 1.165) is 30.0 Å². The fraction of sp³-hybridized carbons (Fsp3) is 0.412. The first-order chi connectivity index (χ1) is 10.7. The van der Waals surface area contributed by atoms with Crippen LogP contribution in [-0.4, -0.2) is 29.6 Å². The second-order valence-electron chi connectivity index (χ2n) is 5.08. The van der Waals surface area contributed by atoms with Gasteiger partial charge >= 0.3 is 0 Å². The van der Waals surface area contributed by atoms with Gasteiger partial charge in [0.05, 0.1) is 13.7 Å². The molecule has 0 aliphatic carbocycles. The Labute approximate surface area is 130 Å². The number of aromatic nitrogens is 1. The number of carbonyl (C=O) groups is 1. The van der Waals surface area contributed by atoms with E-state index >= 15 is 0 Å². The quantitative estimate of drug-likeness (QED) is 0.785. The first kappa shape index (κ1) is 16.1. The smallest absolute Gasteiger partial charge is 0.222 e. The predicted octanol–water partition coefficient (Wildman–Crippen LogP) is 3.50.